The van der Waals surface area contributed by atoms with Gasteiger partial charge in [-0.05, 0) is 0 Å². The zero-order valence-electron chi connectivity index (χ0n) is 23.9. The first kappa shape index (κ1) is 33.1. The van der Waals surface area contributed by atoms with Crippen LogP contribution in [0.1, 0.15) is 100 Å². The van der Waals surface area contributed by atoms with E-state index in [-0.39, 0.29) is 42.6 Å². The Morgan fingerprint density at radius 1 is 0.667 bits per heavy atom. The first-order valence-corrected chi connectivity index (χ1v) is 15.6. The quantitative estimate of drug-likeness (QED) is 0.363. The van der Waals surface area contributed by atoms with Crippen LogP contribution in [0, 0.1) is 21.1 Å². The largest absolute Gasteiger partial charge is 0.222 e. The fraction of sp³-hybridized carbons (Fsp3) is 0.552. The normalized spacial score (nSPS) is 15.8. The van der Waals surface area contributed by atoms with Gasteiger partial charge in [0, 0.05) is 0 Å². The molecule has 0 radical (unpaired) electrons. The molecule has 0 atom stereocenters. The van der Waals surface area contributed by atoms with Crippen molar-refractivity contribution in [3.8, 4) is 0 Å². The van der Waals surface area contributed by atoms with E-state index < -0.39 is 10.2 Å². The molecule has 0 spiro atoms. The molecule has 7 heteroatoms. The summed E-state index contributed by atoms with van der Waals surface area (Å²) in [5.41, 5.74) is 2.94. The molecule has 0 N–H and O–H groups in total. The van der Waals surface area contributed by atoms with Crippen molar-refractivity contribution in [2.45, 2.75) is 93.9 Å². The molecule has 36 heavy (non-hydrogen) atoms. The predicted octanol–water partition coefficient (Wildman–Crippen LogP) is 3.92. The average molecular weight is 635 g/mol. The van der Waals surface area contributed by atoms with Crippen LogP contribution in [0.25, 0.3) is 6.08 Å². The molecule has 2 heterocycles. The molecule has 2 rings (SSSR count). The van der Waals surface area contributed by atoms with Crippen molar-refractivity contribution in [2.24, 2.45) is 10.8 Å². The second-order valence-electron chi connectivity index (χ2n) is 13.1. The smallest absolute Gasteiger partial charge is 0.112 e. The molecule has 0 saturated carbocycles. The minimum Gasteiger partial charge on any atom is -0.222 e. The molecule has 0 bridgehead atoms. The average Bonchev–Trinajstić information content (AvgIpc) is 2.63. The van der Waals surface area contributed by atoms with Crippen LogP contribution < -0.4 is 18.6 Å². The first-order chi connectivity index (χ1) is 15.9. The van der Waals surface area contributed by atoms with Crippen molar-refractivity contribution < 1.29 is 33.3 Å². The standard InChI is InChI=1S/C29H43OTe.ClHO4/c1-26(2,3)22-16-20(17-23(30-22)27(4,5)6)14-13-15-21-18-24(28(7,8)9)31-25(19-21)29(10,11)12;2-1(3,4)5/h13-19H,1-12H3;(H,2,3,4,5)/q+1;/p-1. The molecular formula is C29H43ClO5Te. The Morgan fingerprint density at radius 3 is 1.33 bits per heavy atom. The number of allylic oxidation sites excluding steroid dienone is 7. The number of halogens is 1. The van der Waals surface area contributed by atoms with Gasteiger partial charge in [0.05, 0.1) is 0 Å². The molecule has 0 aliphatic carbocycles. The van der Waals surface area contributed by atoms with Crippen molar-refractivity contribution in [1.29, 1.82) is 0 Å². The summed E-state index contributed by atoms with van der Waals surface area (Å²) in [6, 6.07) is 4.37. The predicted molar refractivity (Wildman–Crippen MR) is 138 cm³/mol. The molecular weight excluding hydrogens is 591 g/mol. The van der Waals surface area contributed by atoms with Crippen LogP contribution in [-0.2, 0) is 10.8 Å². The second kappa shape index (κ2) is 11.8. The zero-order chi connectivity index (χ0) is 28.3. The van der Waals surface area contributed by atoms with Crippen LogP contribution in [0.4, 0.5) is 0 Å². The van der Waals surface area contributed by atoms with E-state index in [0.717, 1.165) is 11.5 Å². The summed E-state index contributed by atoms with van der Waals surface area (Å²) in [6.45, 7) is 27.3. The Kier molecular flexibility index (Phi) is 10.9. The SMILES string of the molecule is CC(C)(C)C1=CC(=CC=Cc2cc(C(C)(C)C)[o+]c(C(C)(C)C)c2)C=C(C(C)(C)C)[Te]1.[O-][Cl+3]([O-])([O-])[O-]. The first-order valence-electron chi connectivity index (χ1n) is 12.0. The third-order valence-corrected chi connectivity index (χ3v) is 10.6. The van der Waals surface area contributed by atoms with Crippen LogP contribution in [0.3, 0.4) is 0 Å². The third kappa shape index (κ3) is 12.0. The summed E-state index contributed by atoms with van der Waals surface area (Å²) in [4.78, 5) is 0. The third-order valence-electron chi connectivity index (χ3n) is 5.17. The van der Waals surface area contributed by atoms with Crippen molar-refractivity contribution in [1.82, 2.24) is 0 Å². The fourth-order valence-corrected chi connectivity index (χ4v) is 6.52. The molecule has 0 unspecified atom stereocenters. The monoisotopic (exact) mass is 636 g/mol. The van der Waals surface area contributed by atoms with Crippen molar-refractivity contribution >= 4 is 27.0 Å². The molecule has 0 amide bonds. The van der Waals surface area contributed by atoms with Crippen LogP contribution in [0.2, 0.25) is 0 Å². The van der Waals surface area contributed by atoms with Gasteiger partial charge in [0.25, 0.3) is 0 Å². The maximum absolute atomic E-state index is 8.49. The van der Waals surface area contributed by atoms with Gasteiger partial charge in [0.15, 0.2) is 0 Å². The van der Waals surface area contributed by atoms with Crippen LogP contribution in [0.5, 0.6) is 0 Å². The van der Waals surface area contributed by atoms with Gasteiger partial charge < -0.3 is 0 Å². The van der Waals surface area contributed by atoms with Gasteiger partial charge in [-0.25, -0.2) is 18.6 Å². The van der Waals surface area contributed by atoms with Crippen LogP contribution in [0.15, 0.2) is 53.7 Å². The number of hydrogen-bond acceptors (Lipinski definition) is 4. The Bertz CT molecular complexity index is 962. The topological polar surface area (TPSA) is 104 Å². The molecule has 1 aliphatic rings. The summed E-state index contributed by atoms with van der Waals surface area (Å²) in [5.74, 6) is 2.06. The number of hydrogen-bond donors (Lipinski definition) is 0. The van der Waals surface area contributed by atoms with Crippen LogP contribution >= 0.6 is 0 Å². The number of rotatable bonds is 2. The van der Waals surface area contributed by atoms with E-state index in [1.165, 1.54) is 11.1 Å². The maximum atomic E-state index is 8.49. The Balaban J connectivity index is 0.00000118. The molecule has 0 saturated heterocycles. The molecule has 1 aromatic rings. The van der Waals surface area contributed by atoms with Crippen molar-refractivity contribution in [3.63, 3.8) is 0 Å². The van der Waals surface area contributed by atoms with E-state index in [0.29, 0.717) is 0 Å². The Labute approximate surface area is 230 Å². The molecule has 202 valence electrons. The van der Waals surface area contributed by atoms with Gasteiger partial charge in [-0.2, -0.15) is 0 Å². The van der Waals surface area contributed by atoms with Crippen molar-refractivity contribution in [3.05, 3.63) is 66.3 Å². The molecule has 0 fully saturated rings. The summed E-state index contributed by atoms with van der Waals surface area (Å²) < 4.78 is 43.5. The minimum atomic E-state index is -4.94. The fourth-order valence-electron chi connectivity index (χ4n) is 2.98. The Hall–Kier alpha value is -0.970. The van der Waals surface area contributed by atoms with Crippen LogP contribution in [-0.4, -0.2) is 20.9 Å². The molecule has 5 nitrogen and oxygen atoms in total. The Morgan fingerprint density at radius 2 is 1.03 bits per heavy atom. The van der Waals surface area contributed by atoms with E-state index in [1.807, 2.05) is 0 Å². The van der Waals surface area contributed by atoms with Gasteiger partial charge in [0.2, 0.25) is 0 Å². The van der Waals surface area contributed by atoms with E-state index in [1.54, 1.807) is 7.24 Å². The van der Waals surface area contributed by atoms with Gasteiger partial charge in [-0.15, -0.1) is 10.2 Å². The van der Waals surface area contributed by atoms with Crippen molar-refractivity contribution in [2.75, 3.05) is 0 Å². The minimum absolute atomic E-state index is 0.0231. The maximum Gasteiger partial charge on any atom is -0.112 e. The zero-order valence-corrected chi connectivity index (χ0v) is 27.0. The van der Waals surface area contributed by atoms with Gasteiger partial charge >= 0.3 is 202 Å². The molecule has 1 aromatic heterocycles. The van der Waals surface area contributed by atoms with E-state index in [2.05, 4.69) is 126 Å². The summed E-state index contributed by atoms with van der Waals surface area (Å²) >= 11 is -0.283. The van der Waals surface area contributed by atoms with Gasteiger partial charge in [0.1, 0.15) is 0 Å². The van der Waals surface area contributed by atoms with Gasteiger partial charge in [-0.1, -0.05) is 0 Å². The van der Waals surface area contributed by atoms with E-state index in [4.69, 9.17) is 23.1 Å². The second-order valence-corrected chi connectivity index (χ2v) is 17.0. The molecule has 0 aromatic carbocycles. The molecule has 1 aliphatic heterocycles. The summed E-state index contributed by atoms with van der Waals surface area (Å²) in [7, 11) is -4.94. The summed E-state index contributed by atoms with van der Waals surface area (Å²) in [6.07, 6.45) is 11.5. The van der Waals surface area contributed by atoms with E-state index >= 15 is 0 Å². The summed E-state index contributed by atoms with van der Waals surface area (Å²) in [5, 5.41) is 0. The van der Waals surface area contributed by atoms with Gasteiger partial charge in [-0.3, -0.25) is 0 Å². The van der Waals surface area contributed by atoms with E-state index in [9.17, 15) is 0 Å².